The molecule has 1 aromatic carbocycles. The third-order valence-electron chi connectivity index (χ3n) is 2.91. The van der Waals surface area contributed by atoms with Gasteiger partial charge in [-0.05, 0) is 18.2 Å². The van der Waals surface area contributed by atoms with E-state index in [1.165, 1.54) is 12.3 Å². The average Bonchev–Trinajstić information content (AvgIpc) is 2.46. The second-order valence-electron chi connectivity index (χ2n) is 4.17. The lowest BCUT2D eigenvalue weighted by molar-refractivity contribution is 0.0696. The molecule has 104 valence electrons. The molecule has 0 bridgehead atoms. The molecule has 0 saturated carbocycles. The number of aromatic nitrogens is 1. The van der Waals surface area contributed by atoms with E-state index in [4.69, 9.17) is 15.6 Å². The van der Waals surface area contributed by atoms with Gasteiger partial charge in [-0.3, -0.25) is 0 Å². The number of nitrogens with zero attached hydrogens (tertiary/aromatic N) is 2. The number of ether oxygens (including phenoxy) is 1. The van der Waals surface area contributed by atoms with Crippen LogP contribution in [-0.4, -0.2) is 30.2 Å². The van der Waals surface area contributed by atoms with E-state index in [0.29, 0.717) is 17.3 Å². The van der Waals surface area contributed by atoms with E-state index in [-0.39, 0.29) is 5.56 Å². The molecule has 2 rings (SSSR count). The van der Waals surface area contributed by atoms with Crippen LogP contribution in [0.1, 0.15) is 10.4 Å². The van der Waals surface area contributed by atoms with Gasteiger partial charge in [-0.1, -0.05) is 12.1 Å². The van der Waals surface area contributed by atoms with Crippen molar-refractivity contribution in [2.45, 2.75) is 0 Å². The first-order valence-corrected chi connectivity index (χ1v) is 5.90. The Morgan fingerprint density at radius 1 is 1.40 bits per heavy atom. The molecule has 0 radical (unpaired) electrons. The van der Waals surface area contributed by atoms with Gasteiger partial charge in [0.1, 0.15) is 5.75 Å². The number of carboxylic acids is 1. The topological polar surface area (TPSA) is 88.7 Å². The summed E-state index contributed by atoms with van der Waals surface area (Å²) in [7, 11) is 3.37. The molecular weight excluding hydrogens is 258 g/mol. The second kappa shape index (κ2) is 5.48. The highest BCUT2D eigenvalue weighted by molar-refractivity contribution is 5.89. The molecule has 20 heavy (non-hydrogen) atoms. The van der Waals surface area contributed by atoms with Crippen LogP contribution in [0.3, 0.4) is 0 Å². The molecule has 3 N–H and O–H groups in total. The Morgan fingerprint density at radius 3 is 2.70 bits per heavy atom. The van der Waals surface area contributed by atoms with Crippen molar-refractivity contribution in [3.63, 3.8) is 0 Å². The summed E-state index contributed by atoms with van der Waals surface area (Å²) in [6, 6.07) is 8.81. The Labute approximate surface area is 116 Å². The number of pyridine rings is 1. The lowest BCUT2D eigenvalue weighted by atomic mass is 10.2. The summed E-state index contributed by atoms with van der Waals surface area (Å²) in [6.45, 7) is 0. The Balaban J connectivity index is 2.43. The number of hydrogen-bond donors (Lipinski definition) is 2. The van der Waals surface area contributed by atoms with E-state index in [0.717, 1.165) is 5.69 Å². The molecular formula is C14H15N3O3. The molecule has 0 fully saturated rings. The van der Waals surface area contributed by atoms with Crippen LogP contribution in [0.2, 0.25) is 0 Å². The van der Waals surface area contributed by atoms with E-state index in [1.807, 2.05) is 24.3 Å². The summed E-state index contributed by atoms with van der Waals surface area (Å²) >= 11 is 0. The molecule has 0 aliphatic carbocycles. The number of carbonyl (C=O) groups is 1. The zero-order chi connectivity index (χ0) is 14.7. The van der Waals surface area contributed by atoms with Gasteiger partial charge in [-0.15, -0.1) is 0 Å². The van der Waals surface area contributed by atoms with Gasteiger partial charge in [-0.25, -0.2) is 9.78 Å². The third-order valence-corrected chi connectivity index (χ3v) is 2.91. The number of hydrogen-bond acceptors (Lipinski definition) is 5. The summed E-state index contributed by atoms with van der Waals surface area (Å²) in [5.41, 5.74) is 7.02. The molecule has 0 atom stereocenters. The SMILES string of the molecule is COc1ccccc1N(C)c1ncc(C(=O)O)cc1N. The van der Waals surface area contributed by atoms with Crippen LogP contribution >= 0.6 is 0 Å². The number of nitrogens with two attached hydrogens (primary N) is 1. The summed E-state index contributed by atoms with van der Waals surface area (Å²) in [4.78, 5) is 16.7. The normalized spacial score (nSPS) is 10.1. The number of methoxy groups -OCH3 is 1. The fraction of sp³-hybridized carbons (Fsp3) is 0.143. The van der Waals surface area contributed by atoms with Crippen molar-refractivity contribution < 1.29 is 14.6 Å². The number of nitrogen functional groups attached to an aromatic ring is 1. The van der Waals surface area contributed by atoms with Crippen molar-refractivity contribution in [2.24, 2.45) is 0 Å². The fourth-order valence-electron chi connectivity index (χ4n) is 1.89. The molecule has 1 heterocycles. The Kier molecular flexibility index (Phi) is 3.74. The van der Waals surface area contributed by atoms with Crippen LogP contribution in [0.5, 0.6) is 5.75 Å². The number of benzene rings is 1. The molecule has 6 nitrogen and oxygen atoms in total. The van der Waals surface area contributed by atoms with Gasteiger partial charge >= 0.3 is 5.97 Å². The fourth-order valence-corrected chi connectivity index (χ4v) is 1.89. The van der Waals surface area contributed by atoms with Crippen LogP contribution in [0.4, 0.5) is 17.2 Å². The Bertz CT molecular complexity index is 643. The zero-order valence-electron chi connectivity index (χ0n) is 11.2. The number of anilines is 3. The van der Waals surface area contributed by atoms with Crippen LogP contribution in [0, 0.1) is 0 Å². The number of carboxylic acid groups (broad SMARTS) is 1. The largest absolute Gasteiger partial charge is 0.495 e. The molecule has 1 aromatic heterocycles. The first-order chi connectivity index (χ1) is 9.54. The first kappa shape index (κ1) is 13.7. The lowest BCUT2D eigenvalue weighted by Crippen LogP contribution is -2.15. The van der Waals surface area contributed by atoms with Gasteiger partial charge < -0.3 is 20.5 Å². The minimum absolute atomic E-state index is 0.0553. The third kappa shape index (κ3) is 2.49. The van der Waals surface area contributed by atoms with Crippen molar-refractivity contribution >= 4 is 23.2 Å². The Morgan fingerprint density at radius 2 is 2.10 bits per heavy atom. The molecule has 0 aliphatic heterocycles. The highest BCUT2D eigenvalue weighted by Gasteiger charge is 2.15. The standard InChI is InChI=1S/C14H15N3O3/c1-17(11-5-3-4-6-12(11)20-2)13-10(15)7-9(8-16-13)14(18)19/h3-8H,15H2,1-2H3,(H,18,19). The lowest BCUT2D eigenvalue weighted by Gasteiger charge is -2.22. The highest BCUT2D eigenvalue weighted by atomic mass is 16.5. The highest BCUT2D eigenvalue weighted by Crippen LogP contribution is 2.33. The number of para-hydroxylation sites is 2. The van der Waals surface area contributed by atoms with Gasteiger partial charge in [0.05, 0.1) is 24.0 Å². The Hall–Kier alpha value is -2.76. The van der Waals surface area contributed by atoms with E-state index >= 15 is 0 Å². The quantitative estimate of drug-likeness (QED) is 0.887. The van der Waals surface area contributed by atoms with E-state index < -0.39 is 5.97 Å². The molecule has 0 amide bonds. The first-order valence-electron chi connectivity index (χ1n) is 5.90. The predicted octanol–water partition coefficient (Wildman–Crippen LogP) is 2.14. The maximum atomic E-state index is 10.9. The number of rotatable bonds is 4. The van der Waals surface area contributed by atoms with E-state index in [9.17, 15) is 4.79 Å². The minimum Gasteiger partial charge on any atom is -0.495 e. The van der Waals surface area contributed by atoms with E-state index in [2.05, 4.69) is 4.98 Å². The number of aromatic carboxylic acids is 1. The van der Waals surface area contributed by atoms with Crippen LogP contribution in [0.15, 0.2) is 36.5 Å². The van der Waals surface area contributed by atoms with Crippen molar-refractivity contribution in [3.05, 3.63) is 42.1 Å². The van der Waals surface area contributed by atoms with Gasteiger partial charge in [-0.2, -0.15) is 0 Å². The van der Waals surface area contributed by atoms with Crippen LogP contribution in [0.25, 0.3) is 0 Å². The molecule has 0 aliphatic rings. The maximum Gasteiger partial charge on any atom is 0.337 e. The van der Waals surface area contributed by atoms with Crippen LogP contribution < -0.4 is 15.4 Å². The van der Waals surface area contributed by atoms with Crippen molar-refractivity contribution in [3.8, 4) is 5.75 Å². The van der Waals surface area contributed by atoms with E-state index in [1.54, 1.807) is 19.1 Å². The van der Waals surface area contributed by atoms with Crippen molar-refractivity contribution in [2.75, 3.05) is 24.8 Å². The summed E-state index contributed by atoms with van der Waals surface area (Å²) in [6.07, 6.45) is 1.28. The van der Waals surface area contributed by atoms with Gasteiger partial charge in [0.2, 0.25) is 0 Å². The summed E-state index contributed by atoms with van der Waals surface area (Å²) in [5.74, 6) is 0.0914. The van der Waals surface area contributed by atoms with Crippen molar-refractivity contribution in [1.29, 1.82) is 0 Å². The maximum absolute atomic E-state index is 10.9. The molecule has 2 aromatic rings. The predicted molar refractivity (Wildman–Crippen MR) is 76.7 cm³/mol. The van der Waals surface area contributed by atoms with Gasteiger partial charge in [0, 0.05) is 13.2 Å². The van der Waals surface area contributed by atoms with Gasteiger partial charge in [0.25, 0.3) is 0 Å². The molecule has 0 spiro atoms. The van der Waals surface area contributed by atoms with Crippen molar-refractivity contribution in [1.82, 2.24) is 4.98 Å². The minimum atomic E-state index is -1.06. The average molecular weight is 273 g/mol. The van der Waals surface area contributed by atoms with Gasteiger partial charge in [0.15, 0.2) is 5.82 Å². The second-order valence-corrected chi connectivity index (χ2v) is 4.17. The molecule has 0 unspecified atom stereocenters. The monoisotopic (exact) mass is 273 g/mol. The smallest absolute Gasteiger partial charge is 0.337 e. The molecule has 0 saturated heterocycles. The summed E-state index contributed by atoms with van der Waals surface area (Å²) in [5, 5.41) is 8.91. The van der Waals surface area contributed by atoms with Crippen LogP contribution in [-0.2, 0) is 0 Å². The molecule has 6 heteroatoms. The zero-order valence-corrected chi connectivity index (χ0v) is 11.2. The summed E-state index contributed by atoms with van der Waals surface area (Å²) < 4.78 is 5.29.